The molecule has 4 heterocycles. The van der Waals surface area contributed by atoms with Gasteiger partial charge in [0.15, 0.2) is 0 Å². The Morgan fingerprint density at radius 1 is 1.11 bits per heavy atom. The Morgan fingerprint density at radius 3 is 2.64 bits per heavy atom. The minimum Gasteiger partial charge on any atom is -0.477 e. The number of aromatic nitrogens is 4. The van der Waals surface area contributed by atoms with Crippen molar-refractivity contribution in [3.05, 3.63) is 35.7 Å². The van der Waals surface area contributed by atoms with Gasteiger partial charge < -0.3 is 14.5 Å². The first kappa shape index (κ1) is 18.5. The van der Waals surface area contributed by atoms with Crippen LogP contribution in [0.2, 0.25) is 0 Å². The van der Waals surface area contributed by atoms with Crippen molar-refractivity contribution in [2.45, 2.75) is 13.8 Å². The molecule has 0 radical (unpaired) electrons. The molecule has 9 heteroatoms. The second-order valence-electron chi connectivity index (χ2n) is 7.06. The van der Waals surface area contributed by atoms with Gasteiger partial charge in [0, 0.05) is 44.6 Å². The average molecular weight is 398 g/mol. The van der Waals surface area contributed by atoms with E-state index in [9.17, 15) is 4.79 Å². The number of carbonyl (C=O) groups is 1. The first-order chi connectivity index (χ1) is 13.6. The highest BCUT2D eigenvalue weighted by molar-refractivity contribution is 7.20. The van der Waals surface area contributed by atoms with Crippen molar-refractivity contribution in [3.63, 3.8) is 0 Å². The van der Waals surface area contributed by atoms with Crippen LogP contribution in [0, 0.1) is 5.92 Å². The quantitative estimate of drug-likeness (QED) is 0.653. The van der Waals surface area contributed by atoms with Gasteiger partial charge in [0.05, 0.1) is 11.5 Å². The molecular formula is C19H22N6O2S. The molecule has 0 aromatic carbocycles. The van der Waals surface area contributed by atoms with Crippen molar-refractivity contribution in [1.29, 1.82) is 0 Å². The Balaban J connectivity index is 1.39. The lowest BCUT2D eigenvalue weighted by Gasteiger charge is -2.35. The molecule has 8 nitrogen and oxygen atoms in total. The maximum atomic E-state index is 12.8. The molecule has 0 bridgehead atoms. The summed E-state index contributed by atoms with van der Waals surface area (Å²) in [6, 6.07) is 3.69. The molecule has 0 unspecified atom stereocenters. The third kappa shape index (κ3) is 4.04. The molecule has 3 aromatic rings. The lowest BCUT2D eigenvalue weighted by molar-refractivity contribution is 0.0751. The van der Waals surface area contributed by atoms with Gasteiger partial charge in [0.25, 0.3) is 5.91 Å². The Labute approximate surface area is 167 Å². The van der Waals surface area contributed by atoms with Gasteiger partial charge in [-0.15, -0.1) is 11.3 Å². The molecule has 1 fully saturated rings. The van der Waals surface area contributed by atoms with E-state index < -0.39 is 0 Å². The lowest BCUT2D eigenvalue weighted by Crippen LogP contribution is -2.48. The minimum absolute atomic E-state index is 0.0353. The third-order valence-corrected chi connectivity index (χ3v) is 5.48. The summed E-state index contributed by atoms with van der Waals surface area (Å²) >= 11 is 1.39. The van der Waals surface area contributed by atoms with E-state index in [1.807, 2.05) is 17.0 Å². The smallest absolute Gasteiger partial charge is 0.264 e. The van der Waals surface area contributed by atoms with Gasteiger partial charge in [0.1, 0.15) is 22.5 Å². The zero-order chi connectivity index (χ0) is 19.5. The van der Waals surface area contributed by atoms with Gasteiger partial charge in [-0.3, -0.25) is 9.78 Å². The summed E-state index contributed by atoms with van der Waals surface area (Å²) < 4.78 is 5.69. The number of anilines is 1. The van der Waals surface area contributed by atoms with Gasteiger partial charge in [0.2, 0.25) is 5.88 Å². The second-order valence-corrected chi connectivity index (χ2v) is 8.09. The first-order valence-corrected chi connectivity index (χ1v) is 10.1. The summed E-state index contributed by atoms with van der Waals surface area (Å²) in [5.74, 6) is 1.89. The fraction of sp³-hybridized carbons (Fsp3) is 0.421. The van der Waals surface area contributed by atoms with Crippen molar-refractivity contribution >= 4 is 33.4 Å². The van der Waals surface area contributed by atoms with Gasteiger partial charge >= 0.3 is 0 Å². The van der Waals surface area contributed by atoms with Crippen LogP contribution in [0.5, 0.6) is 5.88 Å². The van der Waals surface area contributed by atoms with E-state index >= 15 is 0 Å². The van der Waals surface area contributed by atoms with Crippen LogP contribution >= 0.6 is 11.3 Å². The highest BCUT2D eigenvalue weighted by Gasteiger charge is 2.24. The van der Waals surface area contributed by atoms with Crippen LogP contribution in [0.1, 0.15) is 23.5 Å². The molecule has 3 aromatic heterocycles. The van der Waals surface area contributed by atoms with Crippen LogP contribution in [-0.2, 0) is 0 Å². The summed E-state index contributed by atoms with van der Waals surface area (Å²) in [4.78, 5) is 35.4. The van der Waals surface area contributed by atoms with Crippen molar-refractivity contribution in [2.75, 3.05) is 37.7 Å². The molecule has 0 aliphatic carbocycles. The Hall–Kier alpha value is -2.81. The zero-order valence-electron chi connectivity index (χ0n) is 15.9. The number of carbonyl (C=O) groups excluding carboxylic acids is 1. The van der Waals surface area contributed by atoms with Crippen LogP contribution in [0.25, 0.3) is 10.3 Å². The number of thiophene rings is 1. The molecule has 1 amide bonds. The highest BCUT2D eigenvalue weighted by atomic mass is 32.1. The third-order valence-electron chi connectivity index (χ3n) is 4.46. The molecular weight excluding hydrogens is 376 g/mol. The van der Waals surface area contributed by atoms with E-state index in [0.29, 0.717) is 49.5 Å². The summed E-state index contributed by atoms with van der Waals surface area (Å²) in [6.07, 6.45) is 4.81. The number of hydrogen-bond acceptors (Lipinski definition) is 8. The molecule has 4 rings (SSSR count). The van der Waals surface area contributed by atoms with Gasteiger partial charge in [-0.05, 0) is 12.0 Å². The number of amides is 1. The number of rotatable bonds is 5. The van der Waals surface area contributed by atoms with Crippen LogP contribution in [-0.4, -0.2) is 63.5 Å². The topological polar surface area (TPSA) is 84.3 Å². The van der Waals surface area contributed by atoms with Crippen LogP contribution < -0.4 is 9.64 Å². The fourth-order valence-corrected chi connectivity index (χ4v) is 3.93. The monoisotopic (exact) mass is 398 g/mol. The number of nitrogens with zero attached hydrogens (tertiary/aromatic N) is 6. The predicted octanol–water partition coefficient (Wildman–Crippen LogP) is 2.48. The molecule has 0 saturated carbocycles. The number of fused-ring (bicyclic) bond motifs is 1. The Morgan fingerprint density at radius 2 is 1.89 bits per heavy atom. The Kier molecular flexibility index (Phi) is 5.34. The van der Waals surface area contributed by atoms with E-state index in [0.717, 1.165) is 16.2 Å². The van der Waals surface area contributed by atoms with Crippen LogP contribution in [0.15, 0.2) is 30.9 Å². The SMILES string of the molecule is CC(C)COc1cc(N2CCN(C(=O)c3cc4nccnc4s3)CC2)ncn1. The number of ether oxygens (including phenoxy) is 1. The largest absolute Gasteiger partial charge is 0.477 e. The number of piperazine rings is 1. The average Bonchev–Trinajstić information content (AvgIpc) is 3.16. The van der Waals surface area contributed by atoms with E-state index in [-0.39, 0.29) is 5.91 Å². The molecule has 1 saturated heterocycles. The second kappa shape index (κ2) is 8.05. The van der Waals surface area contributed by atoms with E-state index in [2.05, 4.69) is 38.7 Å². The fourth-order valence-electron chi connectivity index (χ4n) is 3.01. The normalized spacial score (nSPS) is 14.7. The van der Waals surface area contributed by atoms with Crippen LogP contribution in [0.4, 0.5) is 5.82 Å². The molecule has 1 aliphatic rings. The summed E-state index contributed by atoms with van der Waals surface area (Å²) in [5, 5.41) is 0. The number of hydrogen-bond donors (Lipinski definition) is 0. The molecule has 0 atom stereocenters. The lowest BCUT2D eigenvalue weighted by atomic mass is 10.2. The maximum Gasteiger partial charge on any atom is 0.264 e. The molecule has 146 valence electrons. The first-order valence-electron chi connectivity index (χ1n) is 9.30. The molecule has 28 heavy (non-hydrogen) atoms. The summed E-state index contributed by atoms with van der Waals surface area (Å²) in [6.45, 7) is 7.53. The predicted molar refractivity (Wildman–Crippen MR) is 108 cm³/mol. The van der Waals surface area contributed by atoms with Gasteiger partial charge in [-0.25, -0.2) is 15.0 Å². The van der Waals surface area contributed by atoms with Crippen LogP contribution in [0.3, 0.4) is 0 Å². The van der Waals surface area contributed by atoms with Crippen molar-refractivity contribution < 1.29 is 9.53 Å². The van der Waals surface area contributed by atoms with E-state index in [4.69, 9.17) is 4.74 Å². The maximum absolute atomic E-state index is 12.8. The molecule has 0 spiro atoms. The van der Waals surface area contributed by atoms with Gasteiger partial charge in [-0.2, -0.15) is 0 Å². The molecule has 1 aliphatic heterocycles. The highest BCUT2D eigenvalue weighted by Crippen LogP contribution is 2.24. The van der Waals surface area contributed by atoms with Crippen molar-refractivity contribution in [3.8, 4) is 5.88 Å². The van der Waals surface area contributed by atoms with Crippen molar-refractivity contribution in [2.24, 2.45) is 5.92 Å². The van der Waals surface area contributed by atoms with Gasteiger partial charge in [-0.1, -0.05) is 13.8 Å². The van der Waals surface area contributed by atoms with E-state index in [1.165, 1.54) is 17.7 Å². The van der Waals surface area contributed by atoms with E-state index in [1.54, 1.807) is 12.4 Å². The summed E-state index contributed by atoms with van der Waals surface area (Å²) in [7, 11) is 0. The van der Waals surface area contributed by atoms with Crippen molar-refractivity contribution in [1.82, 2.24) is 24.8 Å². The summed E-state index contributed by atoms with van der Waals surface area (Å²) in [5.41, 5.74) is 0.768. The molecule has 0 N–H and O–H groups in total. The minimum atomic E-state index is 0.0353. The zero-order valence-corrected chi connectivity index (χ0v) is 16.7. The Bertz CT molecular complexity index is 935. The standard InChI is InChI=1S/C19H22N6O2S/c1-13(2)11-27-17-10-16(22-12-23-17)24-5-7-25(8-6-24)19(26)15-9-14-18(28-15)21-4-3-20-14/h3-4,9-10,12-13H,5-8,11H2,1-2H3.